The van der Waals surface area contributed by atoms with Gasteiger partial charge in [0.1, 0.15) is 18.3 Å². The molecule has 4 rings (SSSR count). The third-order valence-electron chi connectivity index (χ3n) is 7.22. The molecular weight excluding hydrogens is 586 g/mol. The zero-order valence-electron chi connectivity index (χ0n) is 26.2. The van der Waals surface area contributed by atoms with E-state index >= 15 is 0 Å². The van der Waals surface area contributed by atoms with Crippen LogP contribution in [0, 0.1) is 6.92 Å². The number of rotatable bonds is 14. The molecule has 0 aromatic heterocycles. The van der Waals surface area contributed by atoms with Crippen LogP contribution in [-0.4, -0.2) is 50.4 Å². The minimum atomic E-state index is -4.19. The molecule has 0 aliphatic rings. The number of ether oxygens (including phenoxy) is 1. The third kappa shape index (κ3) is 8.95. The molecule has 9 heteroatoms. The predicted octanol–water partition coefficient (Wildman–Crippen LogP) is 5.75. The van der Waals surface area contributed by atoms with E-state index in [1.807, 2.05) is 82.3 Å². The van der Waals surface area contributed by atoms with Crippen LogP contribution in [0.4, 0.5) is 5.69 Å². The first-order valence-corrected chi connectivity index (χ1v) is 16.5. The van der Waals surface area contributed by atoms with Gasteiger partial charge in [-0.1, -0.05) is 78.4 Å². The normalized spacial score (nSPS) is 11.9. The molecule has 0 saturated heterocycles. The first-order chi connectivity index (χ1) is 21.6. The fourth-order valence-electron chi connectivity index (χ4n) is 4.95. The SMILES string of the molecule is CCOc1ccc(S(=O)(=O)N(CC(=O)N(Cc2ccc(C)cc2)[C@H](Cc2ccccc2)C(=O)NC(C)C)c2ccccc2)cc1. The van der Waals surface area contributed by atoms with Crippen LogP contribution >= 0.6 is 0 Å². The van der Waals surface area contributed by atoms with E-state index in [0.717, 1.165) is 21.0 Å². The van der Waals surface area contributed by atoms with E-state index in [0.29, 0.717) is 18.0 Å². The summed E-state index contributed by atoms with van der Waals surface area (Å²) in [5.41, 5.74) is 3.10. The Bertz CT molecular complexity index is 1640. The summed E-state index contributed by atoms with van der Waals surface area (Å²) >= 11 is 0. The molecule has 0 spiro atoms. The molecule has 0 heterocycles. The van der Waals surface area contributed by atoms with Crippen molar-refractivity contribution in [3.63, 3.8) is 0 Å². The number of amides is 2. The Labute approximate surface area is 266 Å². The van der Waals surface area contributed by atoms with Crippen molar-refractivity contribution >= 4 is 27.5 Å². The topological polar surface area (TPSA) is 96.0 Å². The standard InChI is InChI=1S/C36H41N3O5S/c1-5-44-32-20-22-33(23-21-32)45(42,43)39(31-14-10-7-11-15-31)26-35(40)38(25-30-18-16-28(4)17-19-30)34(36(41)37-27(2)3)24-29-12-8-6-9-13-29/h6-23,27,34H,5,24-26H2,1-4H3,(H,37,41)/t34-/m1/s1. The molecule has 0 radical (unpaired) electrons. The Morgan fingerprint density at radius 3 is 1.98 bits per heavy atom. The zero-order valence-corrected chi connectivity index (χ0v) is 27.0. The summed E-state index contributed by atoms with van der Waals surface area (Å²) in [7, 11) is -4.19. The number of para-hydroxylation sites is 1. The Morgan fingerprint density at radius 2 is 1.40 bits per heavy atom. The molecule has 45 heavy (non-hydrogen) atoms. The quantitative estimate of drug-likeness (QED) is 0.192. The van der Waals surface area contributed by atoms with Crippen LogP contribution < -0.4 is 14.4 Å². The van der Waals surface area contributed by atoms with E-state index in [2.05, 4.69) is 5.32 Å². The number of hydrogen-bond donors (Lipinski definition) is 1. The lowest BCUT2D eigenvalue weighted by molar-refractivity contribution is -0.140. The van der Waals surface area contributed by atoms with Crippen LogP contribution in [0.5, 0.6) is 5.75 Å². The van der Waals surface area contributed by atoms with Gasteiger partial charge in [0.05, 0.1) is 17.2 Å². The summed E-state index contributed by atoms with van der Waals surface area (Å²) in [5, 5.41) is 2.97. The Balaban J connectivity index is 1.77. The average molecular weight is 628 g/mol. The first kappa shape index (κ1) is 33.3. The molecule has 2 amide bonds. The Morgan fingerprint density at radius 1 is 0.800 bits per heavy atom. The van der Waals surface area contributed by atoms with E-state index in [9.17, 15) is 18.0 Å². The van der Waals surface area contributed by atoms with Crippen molar-refractivity contribution in [2.75, 3.05) is 17.5 Å². The fourth-order valence-corrected chi connectivity index (χ4v) is 6.36. The predicted molar refractivity (Wildman–Crippen MR) is 178 cm³/mol. The van der Waals surface area contributed by atoms with Gasteiger partial charge in [0.15, 0.2) is 0 Å². The number of aryl methyl sites for hydroxylation is 1. The monoisotopic (exact) mass is 627 g/mol. The van der Waals surface area contributed by atoms with Gasteiger partial charge in [-0.3, -0.25) is 13.9 Å². The van der Waals surface area contributed by atoms with Gasteiger partial charge in [-0.25, -0.2) is 8.42 Å². The molecule has 1 atom stereocenters. The smallest absolute Gasteiger partial charge is 0.264 e. The number of benzene rings is 4. The Hall–Kier alpha value is -4.63. The lowest BCUT2D eigenvalue weighted by atomic mass is 10.0. The summed E-state index contributed by atoms with van der Waals surface area (Å²) in [5.74, 6) is -0.272. The minimum Gasteiger partial charge on any atom is -0.494 e. The number of nitrogens with zero attached hydrogens (tertiary/aromatic N) is 2. The van der Waals surface area contributed by atoms with E-state index in [4.69, 9.17) is 4.74 Å². The number of carbonyl (C=O) groups excluding carboxylic acids is 2. The molecule has 1 N–H and O–H groups in total. The minimum absolute atomic E-state index is 0.0195. The summed E-state index contributed by atoms with van der Waals surface area (Å²) in [4.78, 5) is 29.7. The average Bonchev–Trinajstić information content (AvgIpc) is 3.03. The molecule has 0 aliphatic carbocycles. The highest BCUT2D eigenvalue weighted by Crippen LogP contribution is 2.26. The van der Waals surface area contributed by atoms with Gasteiger partial charge in [-0.2, -0.15) is 0 Å². The largest absolute Gasteiger partial charge is 0.494 e. The van der Waals surface area contributed by atoms with Crippen molar-refractivity contribution in [1.29, 1.82) is 0 Å². The van der Waals surface area contributed by atoms with Crippen molar-refractivity contribution in [2.45, 2.75) is 57.6 Å². The molecule has 4 aromatic rings. The van der Waals surface area contributed by atoms with Gasteiger partial charge in [-0.05, 0) is 75.2 Å². The fraction of sp³-hybridized carbons (Fsp3) is 0.278. The number of hydrogen-bond acceptors (Lipinski definition) is 5. The van der Waals surface area contributed by atoms with Gasteiger partial charge in [-0.15, -0.1) is 0 Å². The second kappa shape index (κ2) is 15.4. The van der Waals surface area contributed by atoms with Crippen LogP contribution in [0.2, 0.25) is 0 Å². The summed E-state index contributed by atoms with van der Waals surface area (Å²) in [6.45, 7) is 7.61. The van der Waals surface area contributed by atoms with Crippen molar-refractivity contribution in [1.82, 2.24) is 10.2 Å². The van der Waals surface area contributed by atoms with Gasteiger partial charge >= 0.3 is 0 Å². The van der Waals surface area contributed by atoms with Crippen LogP contribution in [-0.2, 0) is 32.6 Å². The molecule has 0 saturated carbocycles. The highest BCUT2D eigenvalue weighted by atomic mass is 32.2. The van der Waals surface area contributed by atoms with Gasteiger partial charge < -0.3 is 15.0 Å². The lowest BCUT2D eigenvalue weighted by Gasteiger charge is -2.34. The highest BCUT2D eigenvalue weighted by molar-refractivity contribution is 7.92. The van der Waals surface area contributed by atoms with E-state index in [1.165, 1.54) is 17.0 Å². The summed E-state index contributed by atoms with van der Waals surface area (Å²) < 4.78 is 34.9. The van der Waals surface area contributed by atoms with Crippen molar-refractivity contribution < 1.29 is 22.7 Å². The van der Waals surface area contributed by atoms with E-state index in [-0.39, 0.29) is 29.8 Å². The van der Waals surface area contributed by atoms with E-state index < -0.39 is 28.5 Å². The maximum atomic E-state index is 14.5. The number of nitrogens with one attached hydrogen (secondary N) is 1. The number of sulfonamides is 1. The molecule has 0 unspecified atom stereocenters. The number of carbonyl (C=O) groups is 2. The third-order valence-corrected chi connectivity index (χ3v) is 9.01. The van der Waals surface area contributed by atoms with Crippen LogP contribution in [0.25, 0.3) is 0 Å². The summed E-state index contributed by atoms with van der Waals surface area (Å²) in [6, 6.07) is 30.8. The maximum absolute atomic E-state index is 14.5. The highest BCUT2D eigenvalue weighted by Gasteiger charge is 2.34. The molecule has 0 aliphatic heterocycles. The Kier molecular flexibility index (Phi) is 11.4. The van der Waals surface area contributed by atoms with Crippen LogP contribution in [0.1, 0.15) is 37.5 Å². The second-order valence-corrected chi connectivity index (χ2v) is 13.0. The van der Waals surface area contributed by atoms with Crippen molar-refractivity contribution in [2.24, 2.45) is 0 Å². The molecule has 8 nitrogen and oxygen atoms in total. The number of anilines is 1. The maximum Gasteiger partial charge on any atom is 0.264 e. The van der Waals surface area contributed by atoms with Crippen molar-refractivity contribution in [3.05, 3.63) is 126 Å². The summed E-state index contributed by atoms with van der Waals surface area (Å²) in [6.07, 6.45) is 0.258. The van der Waals surface area contributed by atoms with Gasteiger partial charge in [0, 0.05) is 19.0 Å². The molecule has 4 aromatic carbocycles. The van der Waals surface area contributed by atoms with Gasteiger partial charge in [0.2, 0.25) is 11.8 Å². The molecule has 0 bridgehead atoms. The van der Waals surface area contributed by atoms with E-state index in [1.54, 1.807) is 42.5 Å². The van der Waals surface area contributed by atoms with Crippen LogP contribution in [0.3, 0.4) is 0 Å². The van der Waals surface area contributed by atoms with Crippen LogP contribution in [0.15, 0.2) is 114 Å². The molecular formula is C36H41N3O5S. The molecule has 236 valence electrons. The first-order valence-electron chi connectivity index (χ1n) is 15.1. The second-order valence-electron chi connectivity index (χ2n) is 11.1. The molecule has 0 fully saturated rings. The van der Waals surface area contributed by atoms with Crippen molar-refractivity contribution in [3.8, 4) is 5.75 Å². The lowest BCUT2D eigenvalue weighted by Crippen LogP contribution is -2.54. The zero-order chi connectivity index (χ0) is 32.4. The van der Waals surface area contributed by atoms with Gasteiger partial charge in [0.25, 0.3) is 10.0 Å².